The van der Waals surface area contributed by atoms with Gasteiger partial charge in [0.1, 0.15) is 12.0 Å². The molecule has 0 amide bonds. The topological polar surface area (TPSA) is 113 Å². The Morgan fingerprint density at radius 1 is 1.31 bits per heavy atom. The molecule has 4 rings (SSSR count). The van der Waals surface area contributed by atoms with Gasteiger partial charge in [-0.2, -0.15) is 13.2 Å². The number of halogens is 3. The van der Waals surface area contributed by atoms with Crippen molar-refractivity contribution in [2.45, 2.75) is 18.6 Å². The molecule has 1 aliphatic rings. The summed E-state index contributed by atoms with van der Waals surface area (Å²) in [7, 11) is 0. The lowest BCUT2D eigenvalue weighted by Gasteiger charge is -2.26. The van der Waals surface area contributed by atoms with Crippen LogP contribution in [0, 0.1) is 0 Å². The fraction of sp³-hybridized carbons (Fsp3) is 0.294. The van der Waals surface area contributed by atoms with Crippen molar-refractivity contribution in [1.82, 2.24) is 20.7 Å². The highest BCUT2D eigenvalue weighted by Gasteiger charge is 2.38. The number of fused-ring (bicyclic) bond motifs is 1. The quantitative estimate of drug-likeness (QED) is 0.582. The van der Waals surface area contributed by atoms with Crippen LogP contribution in [0.4, 0.5) is 18.3 Å². The molecule has 0 aliphatic carbocycles. The zero-order valence-corrected chi connectivity index (χ0v) is 15.6. The van der Waals surface area contributed by atoms with Gasteiger partial charge in [0, 0.05) is 18.7 Å². The third kappa shape index (κ3) is 5.51. The van der Waals surface area contributed by atoms with Crippen LogP contribution in [0.3, 0.4) is 0 Å². The molecule has 2 aromatic heterocycles. The summed E-state index contributed by atoms with van der Waals surface area (Å²) in [5, 5.41) is 27.7. The largest absolute Gasteiger partial charge is 0.490 e. The van der Waals surface area contributed by atoms with Gasteiger partial charge in [0.05, 0.1) is 0 Å². The first-order valence-electron chi connectivity index (χ1n) is 8.44. The Morgan fingerprint density at radius 2 is 2.07 bits per heavy atom. The molecule has 1 unspecified atom stereocenters. The van der Waals surface area contributed by atoms with E-state index in [4.69, 9.17) is 14.4 Å². The van der Waals surface area contributed by atoms with Crippen molar-refractivity contribution in [3.05, 3.63) is 47.7 Å². The van der Waals surface area contributed by atoms with E-state index in [1.165, 1.54) is 28.7 Å². The Balaban J connectivity index is 0.000000298. The predicted molar refractivity (Wildman–Crippen MR) is 98.5 cm³/mol. The summed E-state index contributed by atoms with van der Waals surface area (Å²) in [6, 6.07) is 10.7. The van der Waals surface area contributed by atoms with Gasteiger partial charge in [-0.1, -0.05) is 40.8 Å². The van der Waals surface area contributed by atoms with Crippen molar-refractivity contribution in [1.29, 1.82) is 0 Å². The first kappa shape index (κ1) is 20.7. The molecule has 3 N–H and O–H groups in total. The van der Waals surface area contributed by atoms with Gasteiger partial charge in [-0.15, -0.1) is 10.2 Å². The van der Waals surface area contributed by atoms with Gasteiger partial charge >= 0.3 is 12.1 Å². The summed E-state index contributed by atoms with van der Waals surface area (Å²) >= 11 is 1.48. The predicted octanol–water partition coefficient (Wildman–Crippen LogP) is 3.13. The second kappa shape index (κ2) is 9.01. The molecule has 12 heteroatoms. The summed E-state index contributed by atoms with van der Waals surface area (Å²) in [5.41, 5.74) is 3.50. The molecule has 0 fully saturated rings. The number of hydrogen-bond acceptors (Lipinski definition) is 8. The molecule has 0 radical (unpaired) electrons. The smallest absolute Gasteiger partial charge is 0.475 e. The van der Waals surface area contributed by atoms with E-state index in [9.17, 15) is 13.2 Å². The molecule has 29 heavy (non-hydrogen) atoms. The molecule has 3 aromatic rings. The van der Waals surface area contributed by atoms with Crippen LogP contribution in [0.1, 0.15) is 17.2 Å². The number of carboxylic acids is 1. The van der Waals surface area contributed by atoms with Crippen LogP contribution in [-0.2, 0) is 11.2 Å². The van der Waals surface area contributed by atoms with Gasteiger partial charge in [0.2, 0.25) is 5.13 Å². The van der Waals surface area contributed by atoms with Crippen molar-refractivity contribution in [2.24, 2.45) is 0 Å². The Labute approximate surface area is 166 Å². The average Bonchev–Trinajstić information content (AvgIpc) is 3.37. The number of aromatic nitrogens is 3. The van der Waals surface area contributed by atoms with E-state index in [-0.39, 0.29) is 0 Å². The minimum absolute atomic E-state index is 0.296. The van der Waals surface area contributed by atoms with Crippen molar-refractivity contribution in [2.75, 3.05) is 18.4 Å². The van der Waals surface area contributed by atoms with Crippen LogP contribution < -0.4 is 10.6 Å². The maximum Gasteiger partial charge on any atom is 0.490 e. The second-order valence-corrected chi connectivity index (χ2v) is 6.91. The number of anilines is 1. The van der Waals surface area contributed by atoms with Gasteiger partial charge in [0.15, 0.2) is 5.01 Å². The van der Waals surface area contributed by atoms with Gasteiger partial charge < -0.3 is 20.3 Å². The van der Waals surface area contributed by atoms with Crippen molar-refractivity contribution in [3.8, 4) is 10.7 Å². The van der Waals surface area contributed by atoms with E-state index in [0.717, 1.165) is 29.6 Å². The molecule has 154 valence electrons. The Morgan fingerprint density at radius 3 is 2.76 bits per heavy atom. The first-order valence-corrected chi connectivity index (χ1v) is 9.25. The van der Waals surface area contributed by atoms with E-state index in [1.807, 2.05) is 0 Å². The van der Waals surface area contributed by atoms with Crippen LogP contribution in [0.25, 0.3) is 10.7 Å². The van der Waals surface area contributed by atoms with Gasteiger partial charge in [0.25, 0.3) is 0 Å². The normalized spacial score (nSPS) is 15.8. The summed E-state index contributed by atoms with van der Waals surface area (Å²) < 4.78 is 36.6. The fourth-order valence-electron chi connectivity index (χ4n) is 2.69. The third-order valence-electron chi connectivity index (χ3n) is 4.00. The molecular formula is C17H16F3N5O3S. The third-order valence-corrected chi connectivity index (χ3v) is 4.90. The maximum absolute atomic E-state index is 10.6. The lowest BCUT2D eigenvalue weighted by molar-refractivity contribution is -0.192. The first-order chi connectivity index (χ1) is 13.8. The molecule has 1 aliphatic heterocycles. The molecular weight excluding hydrogens is 411 g/mol. The standard InChI is InChI=1S/C15H15N5OS.C2HF3O2/c1-2-4-11-10(3-1)5-7-16-13(11)9-17-15-19-18-14(22-15)12-6-8-21-20-12;3-2(4,5)1(6)7/h1-4,6,8,13,16H,5,7,9H2,(H,17,19);(H,6,7). The molecule has 0 spiro atoms. The van der Waals surface area contributed by atoms with Crippen molar-refractivity contribution >= 4 is 22.4 Å². The number of carboxylic acid groups (broad SMARTS) is 1. The summed E-state index contributed by atoms with van der Waals surface area (Å²) in [6.07, 6.45) is -2.46. The van der Waals surface area contributed by atoms with E-state index in [1.54, 1.807) is 6.07 Å². The second-order valence-electron chi connectivity index (χ2n) is 5.94. The Hall–Kier alpha value is -2.99. The number of rotatable bonds is 4. The minimum atomic E-state index is -5.08. The zero-order chi connectivity index (χ0) is 20.9. The Kier molecular flexibility index (Phi) is 6.44. The SMILES string of the molecule is O=C(O)C(F)(F)F.c1ccc2c(c1)CCNC2CNc1nnc(-c2ccon2)s1. The number of nitrogens with one attached hydrogen (secondary N) is 2. The number of hydrogen-bond donors (Lipinski definition) is 3. The summed E-state index contributed by atoms with van der Waals surface area (Å²) in [6.45, 7) is 1.79. The van der Waals surface area contributed by atoms with Crippen LogP contribution in [0.5, 0.6) is 0 Å². The molecule has 0 saturated heterocycles. The fourth-order valence-corrected chi connectivity index (χ4v) is 3.40. The molecule has 1 aromatic carbocycles. The lowest BCUT2D eigenvalue weighted by Crippen LogP contribution is -2.34. The van der Waals surface area contributed by atoms with E-state index >= 15 is 0 Å². The molecule has 8 nitrogen and oxygen atoms in total. The van der Waals surface area contributed by atoms with E-state index in [0.29, 0.717) is 11.7 Å². The number of carbonyl (C=O) groups is 1. The van der Waals surface area contributed by atoms with E-state index < -0.39 is 12.1 Å². The van der Waals surface area contributed by atoms with Crippen LogP contribution in [-0.4, -0.2) is 45.7 Å². The highest BCUT2D eigenvalue weighted by molar-refractivity contribution is 7.18. The lowest BCUT2D eigenvalue weighted by atomic mass is 9.94. The van der Waals surface area contributed by atoms with Crippen molar-refractivity contribution in [3.63, 3.8) is 0 Å². The maximum atomic E-state index is 10.6. The molecule has 1 atom stereocenters. The van der Waals surface area contributed by atoms with E-state index in [2.05, 4.69) is 50.3 Å². The molecule has 0 saturated carbocycles. The highest BCUT2D eigenvalue weighted by Crippen LogP contribution is 2.27. The monoisotopic (exact) mass is 427 g/mol. The van der Waals surface area contributed by atoms with Crippen LogP contribution in [0.15, 0.2) is 41.1 Å². The zero-order valence-electron chi connectivity index (χ0n) is 14.8. The summed E-state index contributed by atoms with van der Waals surface area (Å²) in [5.74, 6) is -2.76. The summed E-state index contributed by atoms with van der Waals surface area (Å²) in [4.78, 5) is 8.90. The number of benzene rings is 1. The number of nitrogens with zero attached hydrogens (tertiary/aromatic N) is 3. The number of aliphatic carboxylic acids is 1. The van der Waals surface area contributed by atoms with Gasteiger partial charge in [-0.3, -0.25) is 0 Å². The number of alkyl halides is 3. The average molecular weight is 427 g/mol. The highest BCUT2D eigenvalue weighted by atomic mass is 32.1. The van der Waals surface area contributed by atoms with Crippen LogP contribution >= 0.6 is 11.3 Å². The Bertz CT molecular complexity index is 946. The minimum Gasteiger partial charge on any atom is -0.475 e. The van der Waals surface area contributed by atoms with Crippen molar-refractivity contribution < 1.29 is 27.6 Å². The van der Waals surface area contributed by atoms with Gasteiger partial charge in [-0.25, -0.2) is 4.79 Å². The van der Waals surface area contributed by atoms with Gasteiger partial charge in [-0.05, 0) is 24.1 Å². The molecule has 3 heterocycles. The molecule has 0 bridgehead atoms. The van der Waals surface area contributed by atoms with Crippen LogP contribution in [0.2, 0.25) is 0 Å².